The van der Waals surface area contributed by atoms with Crippen LogP contribution in [0.2, 0.25) is 5.02 Å². The Labute approximate surface area is 173 Å². The van der Waals surface area contributed by atoms with Gasteiger partial charge < -0.3 is 9.84 Å². The molecule has 1 amide bonds. The summed E-state index contributed by atoms with van der Waals surface area (Å²) < 4.78 is 32.3. The minimum absolute atomic E-state index is 0.0284. The maximum Gasteiger partial charge on any atom is 0.264 e. The Morgan fingerprint density at radius 3 is 2.31 bits per heavy atom. The number of nitrogens with zero attached hydrogens (tertiary/aromatic N) is 1. The van der Waals surface area contributed by atoms with Crippen LogP contribution in [-0.4, -0.2) is 19.5 Å². The maximum absolute atomic E-state index is 12.5. The van der Waals surface area contributed by atoms with Gasteiger partial charge in [0.25, 0.3) is 10.0 Å². The average Bonchev–Trinajstić information content (AvgIpc) is 2.99. The fourth-order valence-corrected chi connectivity index (χ4v) is 3.51. The number of carbonyl (C=O) groups excluding carboxylic acids is 1. The molecule has 29 heavy (non-hydrogen) atoms. The van der Waals surface area contributed by atoms with Gasteiger partial charge in [-0.2, -0.15) is 0 Å². The Bertz CT molecular complexity index is 1150. The molecule has 0 atom stereocenters. The Hall–Kier alpha value is -3.10. The normalized spacial score (nSPS) is 11.6. The van der Waals surface area contributed by atoms with E-state index in [9.17, 15) is 13.2 Å². The number of amides is 1. The van der Waals surface area contributed by atoms with Crippen molar-refractivity contribution >= 4 is 45.2 Å². The average molecular weight is 432 g/mol. The summed E-state index contributed by atoms with van der Waals surface area (Å²) >= 11 is 5.82. The number of aryl methyl sites for hydroxylation is 1. The molecule has 0 aliphatic heterocycles. The van der Waals surface area contributed by atoms with Crippen molar-refractivity contribution in [1.82, 2.24) is 5.16 Å². The van der Waals surface area contributed by atoms with Gasteiger partial charge in [-0.3, -0.25) is 4.79 Å². The van der Waals surface area contributed by atoms with Crippen molar-refractivity contribution in [3.63, 3.8) is 0 Å². The second-order valence-electron chi connectivity index (χ2n) is 6.23. The standard InChI is InChI=1S/C20H18ClN3O4S/c1-13-14(2)23-28-20(13)24-29(26,27)18-10-8-17(9-11-18)22-19(25)12-5-15-3-6-16(21)7-4-15/h3-12,24H,1-2H3,(H,22,25). The van der Waals surface area contributed by atoms with Crippen LogP contribution in [0, 0.1) is 13.8 Å². The molecule has 0 unspecified atom stereocenters. The third-order valence-corrected chi connectivity index (χ3v) is 5.71. The first kappa shape index (κ1) is 20.6. The quantitative estimate of drug-likeness (QED) is 0.563. The molecule has 1 heterocycles. The number of halogens is 1. The topological polar surface area (TPSA) is 101 Å². The lowest BCUT2D eigenvalue weighted by Gasteiger charge is -2.07. The molecule has 0 spiro atoms. The van der Waals surface area contributed by atoms with E-state index in [4.69, 9.17) is 16.1 Å². The summed E-state index contributed by atoms with van der Waals surface area (Å²) in [7, 11) is -3.84. The fraction of sp³-hybridized carbons (Fsp3) is 0.100. The van der Waals surface area contributed by atoms with Gasteiger partial charge in [0.2, 0.25) is 11.8 Å². The third-order valence-electron chi connectivity index (χ3n) is 4.11. The van der Waals surface area contributed by atoms with Gasteiger partial charge in [0, 0.05) is 22.3 Å². The number of aromatic nitrogens is 1. The summed E-state index contributed by atoms with van der Waals surface area (Å²) in [6.07, 6.45) is 3.03. The second-order valence-corrected chi connectivity index (χ2v) is 8.34. The predicted octanol–water partition coefficient (Wildman–Crippen LogP) is 4.40. The monoisotopic (exact) mass is 431 g/mol. The number of rotatable bonds is 6. The second kappa shape index (κ2) is 8.50. The molecule has 3 aromatic rings. The highest BCUT2D eigenvalue weighted by Gasteiger charge is 2.19. The van der Waals surface area contributed by atoms with E-state index < -0.39 is 10.0 Å². The zero-order valence-corrected chi connectivity index (χ0v) is 17.2. The molecule has 0 fully saturated rings. The van der Waals surface area contributed by atoms with Crippen LogP contribution in [0.25, 0.3) is 6.08 Å². The van der Waals surface area contributed by atoms with Crippen molar-refractivity contribution < 1.29 is 17.7 Å². The molecular formula is C20H18ClN3O4S. The number of hydrogen-bond acceptors (Lipinski definition) is 5. The van der Waals surface area contributed by atoms with E-state index >= 15 is 0 Å². The smallest absolute Gasteiger partial charge is 0.264 e. The Morgan fingerprint density at radius 2 is 1.72 bits per heavy atom. The number of anilines is 2. The lowest BCUT2D eigenvalue weighted by Crippen LogP contribution is -2.13. The summed E-state index contributed by atoms with van der Waals surface area (Å²) in [6, 6.07) is 12.8. The van der Waals surface area contributed by atoms with Crippen LogP contribution in [-0.2, 0) is 14.8 Å². The van der Waals surface area contributed by atoms with Crippen LogP contribution < -0.4 is 10.0 Å². The first-order valence-electron chi connectivity index (χ1n) is 8.55. The molecule has 0 saturated heterocycles. The summed E-state index contributed by atoms with van der Waals surface area (Å²) in [4.78, 5) is 12.1. The van der Waals surface area contributed by atoms with Crippen molar-refractivity contribution in [2.24, 2.45) is 0 Å². The highest BCUT2D eigenvalue weighted by atomic mass is 35.5. The highest BCUT2D eigenvalue weighted by molar-refractivity contribution is 7.92. The zero-order valence-electron chi connectivity index (χ0n) is 15.6. The van der Waals surface area contributed by atoms with Gasteiger partial charge in [-0.05, 0) is 61.9 Å². The fourth-order valence-electron chi connectivity index (χ4n) is 2.34. The van der Waals surface area contributed by atoms with Gasteiger partial charge in [-0.25, -0.2) is 13.1 Å². The van der Waals surface area contributed by atoms with E-state index in [0.717, 1.165) is 5.56 Å². The van der Waals surface area contributed by atoms with Crippen molar-refractivity contribution in [3.8, 4) is 0 Å². The van der Waals surface area contributed by atoms with E-state index in [1.54, 1.807) is 44.2 Å². The van der Waals surface area contributed by atoms with Gasteiger partial charge in [-0.15, -0.1) is 0 Å². The molecule has 2 N–H and O–H groups in total. The first-order valence-corrected chi connectivity index (χ1v) is 10.4. The van der Waals surface area contributed by atoms with Crippen LogP contribution in [0.15, 0.2) is 64.0 Å². The van der Waals surface area contributed by atoms with E-state index in [2.05, 4.69) is 15.2 Å². The summed E-state index contributed by atoms with van der Waals surface area (Å²) in [5.74, 6) is -0.270. The number of sulfonamides is 1. The van der Waals surface area contributed by atoms with Crippen molar-refractivity contribution in [1.29, 1.82) is 0 Å². The van der Waals surface area contributed by atoms with Crippen LogP contribution >= 0.6 is 11.6 Å². The molecule has 150 valence electrons. The van der Waals surface area contributed by atoms with Gasteiger partial charge in [0.15, 0.2) is 0 Å². The SMILES string of the molecule is Cc1noc(NS(=O)(=O)c2ccc(NC(=O)C=Cc3ccc(Cl)cc3)cc2)c1C. The van der Waals surface area contributed by atoms with Crippen LogP contribution in [0.1, 0.15) is 16.8 Å². The lowest BCUT2D eigenvalue weighted by molar-refractivity contribution is -0.111. The van der Waals surface area contributed by atoms with Gasteiger partial charge in [0.05, 0.1) is 10.6 Å². The Balaban J connectivity index is 1.65. The van der Waals surface area contributed by atoms with Crippen LogP contribution in [0.5, 0.6) is 0 Å². The largest absolute Gasteiger partial charge is 0.337 e. The Kier molecular flexibility index (Phi) is 6.05. The van der Waals surface area contributed by atoms with E-state index in [1.165, 1.54) is 30.3 Å². The zero-order chi connectivity index (χ0) is 21.0. The van der Waals surface area contributed by atoms with Crippen molar-refractivity contribution in [3.05, 3.63) is 76.5 Å². The Morgan fingerprint density at radius 1 is 1.07 bits per heavy atom. The van der Waals surface area contributed by atoms with Gasteiger partial charge in [-0.1, -0.05) is 28.9 Å². The lowest BCUT2D eigenvalue weighted by atomic mass is 10.2. The van der Waals surface area contributed by atoms with Crippen LogP contribution in [0.4, 0.5) is 11.6 Å². The van der Waals surface area contributed by atoms with E-state index in [1.807, 2.05) is 0 Å². The molecule has 0 saturated carbocycles. The molecule has 0 bridgehead atoms. The first-order chi connectivity index (χ1) is 13.7. The molecule has 3 rings (SSSR count). The minimum atomic E-state index is -3.84. The molecule has 1 aromatic heterocycles. The minimum Gasteiger partial charge on any atom is -0.337 e. The highest BCUT2D eigenvalue weighted by Crippen LogP contribution is 2.22. The molecule has 2 aromatic carbocycles. The number of nitrogens with one attached hydrogen (secondary N) is 2. The van der Waals surface area contributed by atoms with Gasteiger partial charge in [0.1, 0.15) is 0 Å². The van der Waals surface area contributed by atoms with Gasteiger partial charge >= 0.3 is 0 Å². The molecular weight excluding hydrogens is 414 g/mol. The molecule has 0 aliphatic rings. The number of carbonyl (C=O) groups is 1. The van der Waals surface area contributed by atoms with E-state index in [0.29, 0.717) is 22.0 Å². The van der Waals surface area contributed by atoms with Crippen molar-refractivity contribution in [2.75, 3.05) is 10.0 Å². The van der Waals surface area contributed by atoms with Crippen LogP contribution in [0.3, 0.4) is 0 Å². The molecule has 0 radical (unpaired) electrons. The molecule has 7 nitrogen and oxygen atoms in total. The number of hydrogen-bond donors (Lipinski definition) is 2. The predicted molar refractivity (Wildman–Crippen MR) is 112 cm³/mol. The number of benzene rings is 2. The summed E-state index contributed by atoms with van der Waals surface area (Å²) in [6.45, 7) is 3.43. The third kappa shape index (κ3) is 5.24. The molecule has 0 aliphatic carbocycles. The maximum atomic E-state index is 12.5. The summed E-state index contributed by atoms with van der Waals surface area (Å²) in [5.41, 5.74) is 2.51. The summed E-state index contributed by atoms with van der Waals surface area (Å²) in [5, 5.41) is 7.01. The molecule has 9 heteroatoms. The van der Waals surface area contributed by atoms with E-state index in [-0.39, 0.29) is 16.7 Å². The van der Waals surface area contributed by atoms with Crippen molar-refractivity contribution in [2.45, 2.75) is 18.7 Å².